The van der Waals surface area contributed by atoms with Crippen LogP contribution in [0.15, 0.2) is 35.7 Å². The van der Waals surface area contributed by atoms with Crippen LogP contribution in [0.4, 0.5) is 5.69 Å². The number of benzene rings is 1. The monoisotopic (exact) mass is 416 g/mol. The number of hydrogen-bond donors (Lipinski definition) is 1. The molecule has 1 heterocycles. The van der Waals surface area contributed by atoms with Crippen LogP contribution in [-0.4, -0.2) is 11.5 Å². The lowest BCUT2D eigenvalue weighted by molar-refractivity contribution is -0.385. The van der Waals surface area contributed by atoms with E-state index < -0.39 is 0 Å². The summed E-state index contributed by atoms with van der Waals surface area (Å²) in [7, 11) is 0. The predicted molar refractivity (Wildman–Crippen MR) is 94.9 cm³/mol. The zero-order valence-corrected chi connectivity index (χ0v) is 14.7. The summed E-state index contributed by atoms with van der Waals surface area (Å²) in [6.45, 7) is 3.02. The third kappa shape index (κ3) is 4.49. The Hall–Kier alpha value is -0.990. The van der Waals surface area contributed by atoms with Gasteiger partial charge in [-0.15, -0.1) is 11.3 Å². The molecule has 0 amide bonds. The molecule has 4 nitrogen and oxygen atoms in total. The zero-order chi connectivity index (χ0) is 15.2. The molecule has 0 bridgehead atoms. The highest BCUT2D eigenvalue weighted by Gasteiger charge is 2.19. The first-order valence-corrected chi connectivity index (χ1v) is 8.77. The molecule has 21 heavy (non-hydrogen) atoms. The number of thiophene rings is 1. The topological polar surface area (TPSA) is 55.2 Å². The molecule has 1 N–H and O–H groups in total. The van der Waals surface area contributed by atoms with Gasteiger partial charge in [-0.25, -0.2) is 0 Å². The highest BCUT2D eigenvalue weighted by molar-refractivity contribution is 14.1. The number of nitro benzene ring substituents is 1. The van der Waals surface area contributed by atoms with Gasteiger partial charge in [0, 0.05) is 17.7 Å². The van der Waals surface area contributed by atoms with Crippen molar-refractivity contribution in [2.45, 2.75) is 25.8 Å². The maximum absolute atomic E-state index is 11.1. The largest absolute Gasteiger partial charge is 0.310 e. The number of nitrogens with one attached hydrogen (secondary N) is 1. The SMILES string of the molecule is CCCNC(Cc1ccccc1[N+](=O)[O-])c1csc(I)c1. The van der Waals surface area contributed by atoms with E-state index in [0.717, 1.165) is 18.5 Å². The van der Waals surface area contributed by atoms with E-state index in [1.165, 1.54) is 8.45 Å². The first kappa shape index (κ1) is 16.4. The minimum absolute atomic E-state index is 0.116. The molecular formula is C15H17IN2O2S. The summed E-state index contributed by atoms with van der Waals surface area (Å²) in [5.74, 6) is 0. The number of halogens is 1. The van der Waals surface area contributed by atoms with Crippen molar-refractivity contribution in [3.05, 3.63) is 59.8 Å². The lowest BCUT2D eigenvalue weighted by Gasteiger charge is -2.17. The highest BCUT2D eigenvalue weighted by atomic mass is 127. The Kier molecular flexibility index (Phi) is 6.13. The van der Waals surface area contributed by atoms with Gasteiger partial charge in [0.25, 0.3) is 5.69 Å². The number of hydrogen-bond acceptors (Lipinski definition) is 4. The molecule has 1 atom stereocenters. The van der Waals surface area contributed by atoms with Gasteiger partial charge >= 0.3 is 0 Å². The van der Waals surface area contributed by atoms with Gasteiger partial charge in [0.1, 0.15) is 0 Å². The van der Waals surface area contributed by atoms with Gasteiger partial charge in [-0.1, -0.05) is 25.1 Å². The van der Waals surface area contributed by atoms with Crippen molar-refractivity contribution in [3.8, 4) is 0 Å². The average Bonchev–Trinajstić information content (AvgIpc) is 2.90. The minimum Gasteiger partial charge on any atom is -0.310 e. The quantitative estimate of drug-likeness (QED) is 0.410. The van der Waals surface area contributed by atoms with E-state index in [4.69, 9.17) is 0 Å². The maximum atomic E-state index is 11.1. The second-order valence-corrected chi connectivity index (χ2v) is 7.59. The normalized spacial score (nSPS) is 12.3. The van der Waals surface area contributed by atoms with E-state index in [1.807, 2.05) is 12.1 Å². The third-order valence-electron chi connectivity index (χ3n) is 3.24. The molecule has 0 saturated carbocycles. The Morgan fingerprint density at radius 3 is 2.81 bits per heavy atom. The van der Waals surface area contributed by atoms with E-state index in [9.17, 15) is 10.1 Å². The standard InChI is InChI=1S/C15H17IN2O2S/c1-2-7-17-13(12-9-15(16)21-10-12)8-11-5-3-4-6-14(11)18(19)20/h3-6,9-10,13,17H,2,7-8H2,1H3. The van der Waals surface area contributed by atoms with Crippen LogP contribution >= 0.6 is 33.9 Å². The molecule has 2 aromatic rings. The van der Waals surface area contributed by atoms with E-state index >= 15 is 0 Å². The van der Waals surface area contributed by atoms with Gasteiger partial charge in [-0.2, -0.15) is 0 Å². The van der Waals surface area contributed by atoms with Crippen LogP contribution in [0.3, 0.4) is 0 Å². The smallest absolute Gasteiger partial charge is 0.272 e. The first-order valence-electron chi connectivity index (χ1n) is 6.81. The average molecular weight is 416 g/mol. The number of rotatable bonds is 7. The summed E-state index contributed by atoms with van der Waals surface area (Å²) in [5, 5.41) is 16.8. The Morgan fingerprint density at radius 1 is 1.43 bits per heavy atom. The highest BCUT2D eigenvalue weighted by Crippen LogP contribution is 2.28. The molecule has 0 fully saturated rings. The first-order chi connectivity index (χ1) is 10.1. The van der Waals surface area contributed by atoms with Gasteiger partial charge < -0.3 is 5.32 Å². The summed E-state index contributed by atoms with van der Waals surface area (Å²) in [6, 6.07) is 9.25. The van der Waals surface area contributed by atoms with Crippen molar-refractivity contribution in [2.24, 2.45) is 0 Å². The number of nitro groups is 1. The van der Waals surface area contributed by atoms with Crippen molar-refractivity contribution in [2.75, 3.05) is 6.54 Å². The number of para-hydroxylation sites is 1. The van der Waals surface area contributed by atoms with E-state index in [-0.39, 0.29) is 16.7 Å². The molecular weight excluding hydrogens is 399 g/mol. The molecule has 0 saturated heterocycles. The lowest BCUT2D eigenvalue weighted by Crippen LogP contribution is -2.24. The Morgan fingerprint density at radius 2 is 2.19 bits per heavy atom. The fourth-order valence-electron chi connectivity index (χ4n) is 2.21. The summed E-state index contributed by atoms with van der Waals surface area (Å²) in [5.41, 5.74) is 2.18. The maximum Gasteiger partial charge on any atom is 0.272 e. The Bertz CT molecular complexity index is 615. The van der Waals surface area contributed by atoms with E-state index in [1.54, 1.807) is 23.5 Å². The van der Waals surface area contributed by atoms with Gasteiger partial charge in [0.2, 0.25) is 0 Å². The van der Waals surface area contributed by atoms with E-state index in [2.05, 4.69) is 46.3 Å². The van der Waals surface area contributed by atoms with Gasteiger partial charge in [0.05, 0.1) is 7.81 Å². The molecule has 0 radical (unpaired) electrons. The van der Waals surface area contributed by atoms with Crippen molar-refractivity contribution in [1.82, 2.24) is 5.32 Å². The van der Waals surface area contributed by atoms with Crippen molar-refractivity contribution < 1.29 is 4.92 Å². The van der Waals surface area contributed by atoms with Gasteiger partial charge in [-0.3, -0.25) is 10.1 Å². The summed E-state index contributed by atoms with van der Waals surface area (Å²) in [4.78, 5) is 10.8. The third-order valence-corrected chi connectivity index (χ3v) is 5.05. The summed E-state index contributed by atoms with van der Waals surface area (Å²) >= 11 is 4.00. The predicted octanol–water partition coefficient (Wildman–Crippen LogP) is 4.54. The molecule has 1 aromatic carbocycles. The molecule has 112 valence electrons. The van der Waals surface area contributed by atoms with Crippen molar-refractivity contribution in [1.29, 1.82) is 0 Å². The fraction of sp³-hybridized carbons (Fsp3) is 0.333. The Labute approximate surface area is 141 Å². The minimum atomic E-state index is -0.302. The van der Waals surface area contributed by atoms with Crippen molar-refractivity contribution >= 4 is 39.6 Å². The molecule has 0 aliphatic heterocycles. The molecule has 0 aliphatic rings. The van der Waals surface area contributed by atoms with Crippen LogP contribution in [0, 0.1) is 13.0 Å². The van der Waals surface area contributed by atoms with Crippen LogP contribution in [-0.2, 0) is 6.42 Å². The van der Waals surface area contributed by atoms with Gasteiger partial charge in [0.15, 0.2) is 0 Å². The molecule has 0 aliphatic carbocycles. The molecule has 1 unspecified atom stereocenters. The summed E-state index contributed by atoms with van der Waals surface area (Å²) in [6.07, 6.45) is 1.67. The molecule has 6 heteroatoms. The molecule has 2 rings (SSSR count). The van der Waals surface area contributed by atoms with Crippen LogP contribution in [0.1, 0.15) is 30.5 Å². The zero-order valence-electron chi connectivity index (χ0n) is 11.7. The Balaban J connectivity index is 2.24. The summed E-state index contributed by atoms with van der Waals surface area (Å²) < 4.78 is 1.23. The molecule has 1 aromatic heterocycles. The molecule has 0 spiro atoms. The second-order valence-electron chi connectivity index (χ2n) is 4.78. The van der Waals surface area contributed by atoms with Crippen LogP contribution in [0.25, 0.3) is 0 Å². The fourth-order valence-corrected chi connectivity index (χ4v) is 3.64. The van der Waals surface area contributed by atoms with E-state index in [0.29, 0.717) is 6.42 Å². The number of nitrogens with zero attached hydrogens (tertiary/aromatic N) is 1. The van der Waals surface area contributed by atoms with Crippen LogP contribution in [0.2, 0.25) is 0 Å². The lowest BCUT2D eigenvalue weighted by atomic mass is 9.99. The van der Waals surface area contributed by atoms with Crippen molar-refractivity contribution in [3.63, 3.8) is 0 Å². The van der Waals surface area contributed by atoms with Crippen LogP contribution < -0.4 is 5.32 Å². The van der Waals surface area contributed by atoms with Gasteiger partial charge in [-0.05, 0) is 59.0 Å². The second kappa shape index (κ2) is 7.86. The van der Waals surface area contributed by atoms with Crippen LogP contribution in [0.5, 0.6) is 0 Å².